The van der Waals surface area contributed by atoms with Crippen LogP contribution in [0, 0.1) is 65.1 Å². The molecular weight excluding hydrogens is 539 g/mol. The molecule has 5 rings (SSSR count). The molecule has 0 spiro atoms. The molecule has 39 heavy (non-hydrogen) atoms. The molecule has 0 aliphatic heterocycles. The highest BCUT2D eigenvalue weighted by atomic mass is 19.4. The van der Waals surface area contributed by atoms with Crippen LogP contribution in [0.4, 0.5) is 39.5 Å². The van der Waals surface area contributed by atoms with Gasteiger partial charge in [0.15, 0.2) is 0 Å². The molecule has 5 saturated carbocycles. The Balaban J connectivity index is 1.52. The predicted octanol–water partition coefficient (Wildman–Crippen LogP) is 8.45. The van der Waals surface area contributed by atoms with E-state index in [1.54, 1.807) is 0 Å². The van der Waals surface area contributed by atoms with Crippen LogP contribution in [-0.2, 0) is 9.47 Å². The van der Waals surface area contributed by atoms with Crippen molar-refractivity contribution in [2.75, 3.05) is 6.79 Å². The van der Waals surface area contributed by atoms with Gasteiger partial charge in [0.1, 0.15) is 6.79 Å². The first-order valence-electron chi connectivity index (χ1n) is 14.3. The van der Waals surface area contributed by atoms with Gasteiger partial charge in [0, 0.05) is 11.8 Å². The summed E-state index contributed by atoms with van der Waals surface area (Å²) in [7, 11) is 0. The van der Waals surface area contributed by atoms with Crippen LogP contribution in [-0.4, -0.2) is 42.4 Å². The molecule has 0 saturated heterocycles. The molecular formula is C28H39F9O2. The van der Waals surface area contributed by atoms with Gasteiger partial charge in [-0.25, -0.2) is 13.2 Å². The van der Waals surface area contributed by atoms with Crippen molar-refractivity contribution in [2.45, 2.75) is 102 Å². The molecule has 0 radical (unpaired) electrons. The largest absolute Gasteiger partial charge is 0.430 e. The summed E-state index contributed by atoms with van der Waals surface area (Å²) in [4.78, 5) is 0. The molecule has 0 aromatic carbocycles. The van der Waals surface area contributed by atoms with Crippen LogP contribution >= 0.6 is 0 Å². The van der Waals surface area contributed by atoms with Crippen LogP contribution in [0.15, 0.2) is 0 Å². The second-order valence-electron chi connectivity index (χ2n) is 13.7. The van der Waals surface area contributed by atoms with Crippen molar-refractivity contribution in [3.8, 4) is 0 Å². The highest BCUT2D eigenvalue weighted by Crippen LogP contribution is 2.79. The number of halogens is 9. The number of fused-ring (bicyclic) bond motifs is 9. The summed E-state index contributed by atoms with van der Waals surface area (Å²) < 4.78 is 147. The van der Waals surface area contributed by atoms with Crippen LogP contribution in [0.5, 0.6) is 0 Å². The van der Waals surface area contributed by atoms with Gasteiger partial charge in [-0.3, -0.25) is 0 Å². The zero-order chi connectivity index (χ0) is 29.1. The molecule has 0 aromatic rings. The van der Waals surface area contributed by atoms with Crippen molar-refractivity contribution in [2.24, 2.45) is 65.1 Å². The monoisotopic (exact) mass is 578 g/mol. The quantitative estimate of drug-likeness (QED) is 0.179. The number of rotatable bonds is 6. The van der Waals surface area contributed by atoms with E-state index in [2.05, 4.69) is 4.74 Å². The molecule has 226 valence electrons. The predicted molar refractivity (Wildman–Crippen MR) is 124 cm³/mol. The van der Waals surface area contributed by atoms with E-state index >= 15 is 13.2 Å². The molecule has 5 aliphatic carbocycles. The first-order chi connectivity index (χ1) is 17.8. The Morgan fingerprint density at radius 3 is 1.82 bits per heavy atom. The normalized spacial score (nSPS) is 47.3. The van der Waals surface area contributed by atoms with Crippen LogP contribution < -0.4 is 0 Å². The van der Waals surface area contributed by atoms with E-state index in [0.29, 0.717) is 19.3 Å². The smallest absolute Gasteiger partial charge is 0.352 e. The fourth-order valence-electron chi connectivity index (χ4n) is 10.0. The third kappa shape index (κ3) is 3.75. The van der Waals surface area contributed by atoms with E-state index in [4.69, 9.17) is 4.74 Å². The molecule has 2 nitrogen and oxygen atoms in total. The molecule has 0 N–H and O–H groups in total. The van der Waals surface area contributed by atoms with E-state index < -0.39 is 72.5 Å². The highest BCUT2D eigenvalue weighted by Gasteiger charge is 2.95. The SMILES string of the molecule is CC1CCC(C(C)C)C(OCOC(C(F)(F)F)(C(F)(F)F)C2(F)C3CC(C4C5CC(C(C)C5C)C43)C2(F)F)C1. The van der Waals surface area contributed by atoms with Crippen LogP contribution in [0.25, 0.3) is 0 Å². The van der Waals surface area contributed by atoms with Crippen molar-refractivity contribution in [3.63, 3.8) is 0 Å². The van der Waals surface area contributed by atoms with Crippen molar-refractivity contribution >= 4 is 0 Å². The lowest BCUT2D eigenvalue weighted by molar-refractivity contribution is -0.455. The zero-order valence-corrected chi connectivity index (χ0v) is 22.9. The Hall–Kier alpha value is -0.710. The van der Waals surface area contributed by atoms with Crippen molar-refractivity contribution in [3.05, 3.63) is 0 Å². The van der Waals surface area contributed by atoms with Gasteiger partial charge in [-0.1, -0.05) is 41.0 Å². The van der Waals surface area contributed by atoms with E-state index in [1.807, 2.05) is 34.6 Å². The molecule has 0 heterocycles. The van der Waals surface area contributed by atoms with Crippen molar-refractivity contribution in [1.82, 2.24) is 0 Å². The van der Waals surface area contributed by atoms with Gasteiger partial charge >= 0.3 is 18.0 Å². The second-order valence-corrected chi connectivity index (χ2v) is 13.7. The Labute approximate surface area is 223 Å². The average Bonchev–Trinajstić information content (AvgIpc) is 3.49. The fraction of sp³-hybridized carbons (Fsp3) is 1.00. The van der Waals surface area contributed by atoms with Crippen molar-refractivity contribution in [1.29, 1.82) is 0 Å². The minimum Gasteiger partial charge on any atom is -0.352 e. The summed E-state index contributed by atoms with van der Waals surface area (Å²) in [6.07, 6.45) is -12.1. The Morgan fingerprint density at radius 2 is 1.31 bits per heavy atom. The second kappa shape index (κ2) is 9.14. The van der Waals surface area contributed by atoms with Gasteiger partial charge in [0.2, 0.25) is 5.67 Å². The molecule has 11 heteroatoms. The molecule has 0 aromatic heterocycles. The maximum absolute atomic E-state index is 16.9. The lowest BCUT2D eigenvalue weighted by Crippen LogP contribution is -2.78. The van der Waals surface area contributed by atoms with Crippen LogP contribution in [0.2, 0.25) is 0 Å². The summed E-state index contributed by atoms with van der Waals surface area (Å²) in [5.41, 5.74) is -10.7. The Bertz CT molecular complexity index is 919. The number of alkyl halides is 9. The van der Waals surface area contributed by atoms with Gasteiger partial charge in [0.25, 0.3) is 5.92 Å². The number of hydrogen-bond acceptors (Lipinski definition) is 2. The van der Waals surface area contributed by atoms with Gasteiger partial charge in [-0.15, -0.1) is 0 Å². The summed E-state index contributed by atoms with van der Waals surface area (Å²) in [6.45, 7) is 7.76. The van der Waals surface area contributed by atoms with Crippen LogP contribution in [0.1, 0.15) is 66.7 Å². The third-order valence-corrected chi connectivity index (χ3v) is 11.9. The summed E-state index contributed by atoms with van der Waals surface area (Å²) in [5.74, 6) is -11.4. The van der Waals surface area contributed by atoms with Gasteiger partial charge < -0.3 is 9.47 Å². The topological polar surface area (TPSA) is 18.5 Å². The van der Waals surface area contributed by atoms with Gasteiger partial charge in [-0.2, -0.15) is 26.3 Å². The zero-order valence-electron chi connectivity index (χ0n) is 22.9. The summed E-state index contributed by atoms with van der Waals surface area (Å²) in [6, 6.07) is 0. The van der Waals surface area contributed by atoms with Gasteiger partial charge in [-0.05, 0) is 78.9 Å². The maximum Gasteiger partial charge on any atom is 0.430 e. The molecule has 12 unspecified atom stereocenters. The van der Waals surface area contributed by atoms with Gasteiger partial charge in [0.05, 0.1) is 6.10 Å². The molecule has 5 aliphatic rings. The summed E-state index contributed by atoms with van der Waals surface area (Å²) >= 11 is 0. The van der Waals surface area contributed by atoms with E-state index in [1.165, 1.54) is 0 Å². The standard InChI is InChI=1S/C28H39F9O2/c1-12(2)16-7-6-13(3)8-21(16)38-11-39-26(27(32,33)34,28(35,36)37)24(29)19-10-20(25(24,30)31)23-18-9-17(22(19)23)14(4)15(18)5/h12-23H,6-11H2,1-5H3. The number of ether oxygens (including phenoxy) is 2. The first kappa shape index (κ1) is 29.8. The highest BCUT2D eigenvalue weighted by molar-refractivity contribution is 5.31. The average molecular weight is 579 g/mol. The lowest BCUT2D eigenvalue weighted by atomic mass is 9.57. The van der Waals surface area contributed by atoms with E-state index in [0.717, 1.165) is 6.42 Å². The van der Waals surface area contributed by atoms with E-state index in [-0.39, 0.29) is 41.4 Å². The molecule has 0 amide bonds. The van der Waals surface area contributed by atoms with E-state index in [9.17, 15) is 26.3 Å². The minimum absolute atomic E-state index is 0.00633. The Kier molecular flexibility index (Phi) is 6.98. The maximum atomic E-state index is 16.9. The lowest BCUT2D eigenvalue weighted by Gasteiger charge is -2.55. The molecule has 4 bridgehead atoms. The fourth-order valence-corrected chi connectivity index (χ4v) is 10.0. The summed E-state index contributed by atoms with van der Waals surface area (Å²) in [5, 5.41) is 0. The number of hydrogen-bond donors (Lipinski definition) is 0. The molecule has 5 fully saturated rings. The van der Waals surface area contributed by atoms with Crippen molar-refractivity contribution < 1.29 is 49.0 Å². The molecule has 12 atom stereocenters. The van der Waals surface area contributed by atoms with Crippen LogP contribution in [0.3, 0.4) is 0 Å². The first-order valence-corrected chi connectivity index (χ1v) is 14.3. The minimum atomic E-state index is -6.50. The Morgan fingerprint density at radius 1 is 0.769 bits per heavy atom. The third-order valence-electron chi connectivity index (χ3n) is 11.9.